The van der Waals surface area contributed by atoms with Gasteiger partial charge in [-0.2, -0.15) is 4.99 Å². The molecule has 0 spiro atoms. The van der Waals surface area contributed by atoms with Crippen LogP contribution < -0.4 is 16.2 Å². The number of sulfonamides is 1. The van der Waals surface area contributed by atoms with E-state index in [0.717, 1.165) is 6.26 Å². The Morgan fingerprint density at radius 1 is 1.32 bits per heavy atom. The molecule has 0 aliphatic carbocycles. The van der Waals surface area contributed by atoms with Crippen LogP contribution in [0.1, 0.15) is 5.69 Å². The first-order chi connectivity index (χ1) is 11.8. The quantitative estimate of drug-likeness (QED) is 0.499. The zero-order valence-electron chi connectivity index (χ0n) is 13.5. The molecule has 5 N–H and O–H groups in total. The Labute approximate surface area is 153 Å². The van der Waals surface area contributed by atoms with E-state index >= 15 is 0 Å². The van der Waals surface area contributed by atoms with E-state index in [1.807, 2.05) is 12.1 Å². The van der Waals surface area contributed by atoms with Crippen LogP contribution in [-0.2, 0) is 16.6 Å². The number of thiazole rings is 1. The van der Waals surface area contributed by atoms with Crippen LogP contribution in [0.25, 0.3) is 11.4 Å². The predicted molar refractivity (Wildman–Crippen MR) is 103 cm³/mol. The smallest absolute Gasteiger partial charge is 0.231 e. The number of aliphatic imine (C=N–C) groups is 2. The summed E-state index contributed by atoms with van der Waals surface area (Å²) in [5.41, 5.74) is 12.6. The molecule has 0 bridgehead atoms. The Hall–Kier alpha value is -2.18. The van der Waals surface area contributed by atoms with Crippen LogP contribution in [0.3, 0.4) is 0 Å². The van der Waals surface area contributed by atoms with E-state index in [9.17, 15) is 8.42 Å². The Bertz CT molecular complexity index is 902. The summed E-state index contributed by atoms with van der Waals surface area (Å²) in [5.74, 6) is -0.0556. The second-order valence-corrected chi connectivity index (χ2v) is 8.15. The molecule has 0 aliphatic rings. The summed E-state index contributed by atoms with van der Waals surface area (Å²) < 4.78 is 24.9. The van der Waals surface area contributed by atoms with E-state index in [1.54, 1.807) is 17.7 Å². The zero-order valence-corrected chi connectivity index (χ0v) is 16.0. The number of guanidine groups is 1. The molecule has 25 heavy (non-hydrogen) atoms. The van der Waals surface area contributed by atoms with E-state index in [4.69, 9.17) is 11.5 Å². The molecule has 0 radical (unpaired) electrons. The molecule has 0 aromatic carbocycles. The SMILES string of the molecule is CSC(=NCc1cccc(-c2csc(N=C(N)N)n2)n1)NS(C)(=O)=O. The first kappa shape index (κ1) is 19.1. The van der Waals surface area contributed by atoms with Crippen LogP contribution >= 0.6 is 23.1 Å². The van der Waals surface area contributed by atoms with E-state index in [2.05, 4.69) is 24.7 Å². The number of amidine groups is 1. The van der Waals surface area contributed by atoms with Crippen molar-refractivity contribution in [1.29, 1.82) is 0 Å². The van der Waals surface area contributed by atoms with E-state index in [1.165, 1.54) is 23.1 Å². The second-order valence-electron chi connectivity index (χ2n) is 4.77. The van der Waals surface area contributed by atoms with Crippen molar-refractivity contribution in [1.82, 2.24) is 14.7 Å². The fraction of sp³-hybridized carbons (Fsp3) is 0.231. The Kier molecular flexibility index (Phi) is 6.33. The van der Waals surface area contributed by atoms with Gasteiger partial charge in [0, 0.05) is 5.38 Å². The molecule has 2 rings (SSSR count). The van der Waals surface area contributed by atoms with Gasteiger partial charge in [0.2, 0.25) is 15.2 Å². The van der Waals surface area contributed by atoms with Gasteiger partial charge in [-0.3, -0.25) is 9.71 Å². The number of hydrogen-bond donors (Lipinski definition) is 3. The molecule has 0 amide bonds. The van der Waals surface area contributed by atoms with Crippen LogP contribution in [-0.4, -0.2) is 42.0 Å². The summed E-state index contributed by atoms with van der Waals surface area (Å²) in [6.07, 6.45) is 2.81. The minimum absolute atomic E-state index is 0.0556. The summed E-state index contributed by atoms with van der Waals surface area (Å²) in [5, 5.41) is 2.55. The molecule has 2 heterocycles. The lowest BCUT2D eigenvalue weighted by Gasteiger charge is -2.05. The van der Waals surface area contributed by atoms with Crippen molar-refractivity contribution >= 4 is 49.4 Å². The molecule has 2 aromatic heterocycles. The first-order valence-corrected chi connectivity index (χ1v) is 10.8. The van der Waals surface area contributed by atoms with Gasteiger partial charge in [-0.1, -0.05) is 17.8 Å². The molecule has 12 heteroatoms. The third-order valence-electron chi connectivity index (χ3n) is 2.64. The maximum Gasteiger partial charge on any atom is 0.231 e. The van der Waals surface area contributed by atoms with Crippen molar-refractivity contribution in [3.63, 3.8) is 0 Å². The number of aromatic nitrogens is 2. The van der Waals surface area contributed by atoms with Crippen molar-refractivity contribution < 1.29 is 8.42 Å². The number of thioether (sulfide) groups is 1. The van der Waals surface area contributed by atoms with Gasteiger partial charge in [0.25, 0.3) is 0 Å². The molecular weight excluding hydrogens is 382 g/mol. The first-order valence-electron chi connectivity index (χ1n) is 6.84. The Morgan fingerprint density at radius 3 is 2.72 bits per heavy atom. The van der Waals surface area contributed by atoms with E-state index in [-0.39, 0.29) is 12.5 Å². The molecule has 0 saturated heterocycles. The fourth-order valence-corrected chi connectivity index (χ4v) is 3.77. The molecule has 0 atom stereocenters. The summed E-state index contributed by atoms with van der Waals surface area (Å²) in [6.45, 7) is 0.234. The monoisotopic (exact) mass is 399 g/mol. The molecule has 0 saturated carbocycles. The normalized spacial score (nSPS) is 12.0. The van der Waals surface area contributed by atoms with Crippen molar-refractivity contribution in [2.75, 3.05) is 12.5 Å². The molecule has 134 valence electrons. The Balaban J connectivity index is 2.18. The summed E-state index contributed by atoms with van der Waals surface area (Å²) in [7, 11) is -3.36. The van der Waals surface area contributed by atoms with Gasteiger partial charge in [-0.15, -0.1) is 11.3 Å². The van der Waals surface area contributed by atoms with E-state index in [0.29, 0.717) is 27.4 Å². The lowest BCUT2D eigenvalue weighted by Crippen LogP contribution is -2.27. The maximum atomic E-state index is 11.3. The Morgan fingerprint density at radius 2 is 2.08 bits per heavy atom. The zero-order chi connectivity index (χ0) is 18.4. The van der Waals surface area contributed by atoms with Crippen LogP contribution in [0.2, 0.25) is 0 Å². The largest absolute Gasteiger partial charge is 0.370 e. The minimum Gasteiger partial charge on any atom is -0.370 e. The third kappa shape index (κ3) is 6.32. The number of nitrogens with two attached hydrogens (primary N) is 2. The van der Waals surface area contributed by atoms with Crippen molar-refractivity contribution in [3.8, 4) is 11.4 Å². The topological polar surface area (TPSA) is 149 Å². The number of hydrogen-bond acceptors (Lipinski definition) is 8. The highest BCUT2D eigenvalue weighted by molar-refractivity contribution is 8.14. The predicted octanol–water partition coefficient (Wildman–Crippen LogP) is 0.878. The minimum atomic E-state index is -3.36. The third-order valence-corrected chi connectivity index (χ3v) is 4.68. The summed E-state index contributed by atoms with van der Waals surface area (Å²) >= 11 is 2.51. The molecule has 0 unspecified atom stereocenters. The van der Waals surface area contributed by atoms with Gasteiger partial charge >= 0.3 is 0 Å². The van der Waals surface area contributed by atoms with Crippen LogP contribution in [0, 0.1) is 0 Å². The average Bonchev–Trinajstić information content (AvgIpc) is 2.98. The van der Waals surface area contributed by atoms with Gasteiger partial charge in [0.05, 0.1) is 24.2 Å². The van der Waals surface area contributed by atoms with Gasteiger partial charge in [-0.05, 0) is 18.4 Å². The van der Waals surface area contributed by atoms with Crippen LogP contribution in [0.15, 0.2) is 33.6 Å². The lowest BCUT2D eigenvalue weighted by atomic mass is 10.2. The molecule has 0 fully saturated rings. The van der Waals surface area contributed by atoms with Crippen molar-refractivity contribution in [2.24, 2.45) is 21.5 Å². The fourth-order valence-electron chi connectivity index (χ4n) is 1.70. The number of pyridine rings is 1. The lowest BCUT2D eigenvalue weighted by molar-refractivity contribution is 0.598. The maximum absolute atomic E-state index is 11.3. The van der Waals surface area contributed by atoms with Crippen molar-refractivity contribution in [3.05, 3.63) is 29.3 Å². The number of nitrogens with one attached hydrogen (secondary N) is 1. The second kappa shape index (κ2) is 8.27. The van der Waals surface area contributed by atoms with Gasteiger partial charge in [0.15, 0.2) is 11.1 Å². The molecule has 9 nitrogen and oxygen atoms in total. The highest BCUT2D eigenvalue weighted by Crippen LogP contribution is 2.25. The van der Waals surface area contributed by atoms with Gasteiger partial charge < -0.3 is 11.5 Å². The molecular formula is C13H17N7O2S3. The van der Waals surface area contributed by atoms with Gasteiger partial charge in [-0.25, -0.2) is 18.4 Å². The average molecular weight is 400 g/mol. The molecule has 0 aliphatic heterocycles. The highest BCUT2D eigenvalue weighted by atomic mass is 32.2. The summed E-state index contributed by atoms with van der Waals surface area (Å²) in [6, 6.07) is 5.44. The standard InChI is InChI=1S/C13H17N7O2S3/c1-23-12(20-25(2,21)22)16-6-8-4-3-5-9(17-8)10-7-24-13(18-10)19-11(14)15/h3-5,7H,6H2,1-2H3,(H,16,20)(H4,14,15,18,19). The van der Waals surface area contributed by atoms with Gasteiger partial charge in [0.1, 0.15) is 5.69 Å². The molecule has 2 aromatic rings. The number of rotatable bonds is 5. The summed E-state index contributed by atoms with van der Waals surface area (Å²) in [4.78, 5) is 16.9. The number of nitrogens with zero attached hydrogens (tertiary/aromatic N) is 4. The highest BCUT2D eigenvalue weighted by Gasteiger charge is 2.08. The van der Waals surface area contributed by atoms with E-state index < -0.39 is 10.0 Å². The van der Waals surface area contributed by atoms with Crippen LogP contribution in [0.4, 0.5) is 5.13 Å². The van der Waals surface area contributed by atoms with Crippen LogP contribution in [0.5, 0.6) is 0 Å². The van der Waals surface area contributed by atoms with Crippen molar-refractivity contribution in [2.45, 2.75) is 6.54 Å².